The summed E-state index contributed by atoms with van der Waals surface area (Å²) in [5, 5.41) is 2.93. The molecule has 0 fully saturated rings. The number of amides is 1. The molecule has 0 aromatic heterocycles. The summed E-state index contributed by atoms with van der Waals surface area (Å²) in [6.07, 6.45) is 0.991. The summed E-state index contributed by atoms with van der Waals surface area (Å²) in [5.74, 6) is -0.703. The number of aryl methyl sites for hydroxylation is 1. The van der Waals surface area contributed by atoms with Gasteiger partial charge in [-0.3, -0.25) is 9.59 Å². The van der Waals surface area contributed by atoms with E-state index in [4.69, 9.17) is 0 Å². The van der Waals surface area contributed by atoms with Crippen molar-refractivity contribution >= 4 is 23.5 Å². The third-order valence-electron chi connectivity index (χ3n) is 4.59. The first kappa shape index (κ1) is 22.1. The van der Waals surface area contributed by atoms with E-state index in [9.17, 15) is 14.0 Å². The number of Topliss-reactive ketones (excluding diaryl/α,β-unsaturated/α-hetero) is 1. The van der Waals surface area contributed by atoms with Gasteiger partial charge in [0.15, 0.2) is 5.78 Å². The molecule has 0 heterocycles. The zero-order valence-corrected chi connectivity index (χ0v) is 17.6. The van der Waals surface area contributed by atoms with Crippen LogP contribution in [0.3, 0.4) is 0 Å². The highest BCUT2D eigenvalue weighted by Crippen LogP contribution is 2.23. The average Bonchev–Trinajstić information content (AvgIpc) is 2.67. The molecule has 0 spiro atoms. The number of nitrogens with one attached hydrogen (secondary N) is 1. The number of hydrogen-bond acceptors (Lipinski definition) is 4. The molecule has 28 heavy (non-hydrogen) atoms. The van der Waals surface area contributed by atoms with Crippen LogP contribution in [0.15, 0.2) is 47.4 Å². The SMILES string of the molecule is CCc1ccc(C(CNC(=O)CSc2ccc(C(C)=O)cc2F)N(C)C)cc1. The van der Waals surface area contributed by atoms with Crippen molar-refractivity contribution < 1.29 is 14.0 Å². The molecule has 150 valence electrons. The second-order valence-electron chi connectivity index (χ2n) is 6.87. The second-order valence-corrected chi connectivity index (χ2v) is 7.89. The molecule has 0 aliphatic rings. The third kappa shape index (κ3) is 6.17. The van der Waals surface area contributed by atoms with Crippen LogP contribution in [0.4, 0.5) is 4.39 Å². The fourth-order valence-corrected chi connectivity index (χ4v) is 3.57. The molecule has 1 atom stereocenters. The van der Waals surface area contributed by atoms with E-state index in [2.05, 4.69) is 41.4 Å². The molecule has 4 nitrogen and oxygen atoms in total. The van der Waals surface area contributed by atoms with Gasteiger partial charge in [0.05, 0.1) is 11.8 Å². The van der Waals surface area contributed by atoms with Crippen molar-refractivity contribution in [3.63, 3.8) is 0 Å². The van der Waals surface area contributed by atoms with E-state index in [0.29, 0.717) is 17.0 Å². The Balaban J connectivity index is 1.91. The zero-order chi connectivity index (χ0) is 20.7. The summed E-state index contributed by atoms with van der Waals surface area (Å²) in [6, 6.07) is 12.8. The van der Waals surface area contributed by atoms with E-state index < -0.39 is 5.82 Å². The van der Waals surface area contributed by atoms with Gasteiger partial charge in [0, 0.05) is 17.0 Å². The van der Waals surface area contributed by atoms with Crippen molar-refractivity contribution in [1.82, 2.24) is 10.2 Å². The largest absolute Gasteiger partial charge is 0.353 e. The zero-order valence-electron chi connectivity index (χ0n) is 16.8. The summed E-state index contributed by atoms with van der Waals surface area (Å²) in [5.41, 5.74) is 2.75. The van der Waals surface area contributed by atoms with Gasteiger partial charge in [-0.1, -0.05) is 37.3 Å². The molecule has 0 aliphatic heterocycles. The highest BCUT2D eigenvalue weighted by Gasteiger charge is 2.16. The standard InChI is InChI=1S/C22H27FN2O2S/c1-5-16-6-8-17(9-7-16)20(25(3)4)13-24-22(27)14-28-21-11-10-18(15(2)26)12-19(21)23/h6-12,20H,5,13-14H2,1-4H3,(H,24,27). The van der Waals surface area contributed by atoms with Crippen LogP contribution >= 0.6 is 11.8 Å². The first-order valence-electron chi connectivity index (χ1n) is 9.27. The monoisotopic (exact) mass is 402 g/mol. The molecular formula is C22H27FN2O2S. The maximum Gasteiger partial charge on any atom is 0.230 e. The number of benzene rings is 2. The maximum atomic E-state index is 14.1. The van der Waals surface area contributed by atoms with Gasteiger partial charge >= 0.3 is 0 Å². The minimum atomic E-state index is -0.479. The predicted octanol–water partition coefficient (Wildman–Crippen LogP) is 4.10. The van der Waals surface area contributed by atoms with Gasteiger partial charge in [0.25, 0.3) is 0 Å². The van der Waals surface area contributed by atoms with Gasteiger partial charge in [-0.2, -0.15) is 0 Å². The predicted molar refractivity (Wildman–Crippen MR) is 112 cm³/mol. The molecule has 0 radical (unpaired) electrons. The molecule has 2 rings (SSSR count). The molecule has 0 saturated carbocycles. The number of likely N-dealkylation sites (N-methyl/N-ethyl adjacent to an activating group) is 1. The van der Waals surface area contributed by atoms with Gasteiger partial charge < -0.3 is 10.2 Å². The van der Waals surface area contributed by atoms with Crippen molar-refractivity contribution in [2.75, 3.05) is 26.4 Å². The van der Waals surface area contributed by atoms with Crippen LogP contribution in [0.25, 0.3) is 0 Å². The van der Waals surface area contributed by atoms with Crippen LogP contribution in [0.1, 0.15) is 41.4 Å². The molecule has 6 heteroatoms. The number of hydrogen-bond donors (Lipinski definition) is 1. The molecule has 0 bridgehead atoms. The summed E-state index contributed by atoms with van der Waals surface area (Å²) in [6.45, 7) is 3.99. The highest BCUT2D eigenvalue weighted by atomic mass is 32.2. The lowest BCUT2D eigenvalue weighted by molar-refractivity contribution is -0.118. The lowest BCUT2D eigenvalue weighted by Crippen LogP contribution is -2.35. The lowest BCUT2D eigenvalue weighted by atomic mass is 10.0. The molecule has 1 N–H and O–H groups in total. The molecule has 0 aliphatic carbocycles. The van der Waals surface area contributed by atoms with E-state index in [-0.39, 0.29) is 23.5 Å². The fourth-order valence-electron chi connectivity index (χ4n) is 2.82. The second kappa shape index (κ2) is 10.4. The van der Waals surface area contributed by atoms with Gasteiger partial charge in [0.2, 0.25) is 5.91 Å². The Kier molecular flexibility index (Phi) is 8.20. The van der Waals surface area contributed by atoms with Crippen LogP contribution in [-0.2, 0) is 11.2 Å². The maximum absolute atomic E-state index is 14.1. The van der Waals surface area contributed by atoms with Crippen molar-refractivity contribution in [2.24, 2.45) is 0 Å². The Morgan fingerprint density at radius 1 is 1.14 bits per heavy atom. The summed E-state index contributed by atoms with van der Waals surface area (Å²) in [7, 11) is 3.95. The summed E-state index contributed by atoms with van der Waals surface area (Å²) >= 11 is 1.12. The van der Waals surface area contributed by atoms with E-state index >= 15 is 0 Å². The van der Waals surface area contributed by atoms with Crippen molar-refractivity contribution in [2.45, 2.75) is 31.2 Å². The summed E-state index contributed by atoms with van der Waals surface area (Å²) in [4.78, 5) is 25.9. The Bertz CT molecular complexity index is 822. The molecule has 1 unspecified atom stereocenters. The number of ketones is 1. The smallest absolute Gasteiger partial charge is 0.230 e. The third-order valence-corrected chi connectivity index (χ3v) is 5.63. The number of thioether (sulfide) groups is 1. The number of carbonyl (C=O) groups excluding carboxylic acids is 2. The van der Waals surface area contributed by atoms with E-state index in [1.165, 1.54) is 18.6 Å². The quantitative estimate of drug-likeness (QED) is 0.507. The van der Waals surface area contributed by atoms with Crippen molar-refractivity contribution in [1.29, 1.82) is 0 Å². The lowest BCUT2D eigenvalue weighted by Gasteiger charge is -2.25. The van der Waals surface area contributed by atoms with Crippen LogP contribution in [0.5, 0.6) is 0 Å². The highest BCUT2D eigenvalue weighted by molar-refractivity contribution is 8.00. The minimum absolute atomic E-state index is 0.0615. The van der Waals surface area contributed by atoms with Crippen molar-refractivity contribution in [3.05, 3.63) is 65.0 Å². The fraction of sp³-hybridized carbons (Fsp3) is 0.364. The summed E-state index contributed by atoms with van der Waals surface area (Å²) < 4.78 is 14.1. The first-order chi connectivity index (χ1) is 13.3. The Labute approximate surface area is 170 Å². The van der Waals surface area contributed by atoms with Crippen LogP contribution in [0.2, 0.25) is 0 Å². The van der Waals surface area contributed by atoms with Crippen LogP contribution < -0.4 is 5.32 Å². The average molecular weight is 403 g/mol. The number of rotatable bonds is 9. The molecule has 0 saturated heterocycles. The number of carbonyl (C=O) groups is 2. The van der Waals surface area contributed by atoms with Crippen LogP contribution in [-0.4, -0.2) is 43.0 Å². The van der Waals surface area contributed by atoms with E-state index in [0.717, 1.165) is 23.7 Å². The van der Waals surface area contributed by atoms with Gasteiger partial charge in [-0.25, -0.2) is 4.39 Å². The first-order valence-corrected chi connectivity index (χ1v) is 10.3. The molecule has 2 aromatic carbocycles. The molecule has 2 aromatic rings. The van der Waals surface area contributed by atoms with E-state index in [1.807, 2.05) is 14.1 Å². The number of nitrogens with zero attached hydrogens (tertiary/aromatic N) is 1. The molecule has 1 amide bonds. The van der Waals surface area contributed by atoms with Crippen molar-refractivity contribution in [3.8, 4) is 0 Å². The van der Waals surface area contributed by atoms with E-state index in [1.54, 1.807) is 12.1 Å². The van der Waals surface area contributed by atoms with Crippen LogP contribution in [0, 0.1) is 5.82 Å². The minimum Gasteiger partial charge on any atom is -0.353 e. The van der Waals surface area contributed by atoms with Gasteiger partial charge in [-0.05, 0) is 50.7 Å². The Morgan fingerprint density at radius 3 is 2.36 bits per heavy atom. The normalized spacial score (nSPS) is 12.1. The number of halogens is 1. The van der Waals surface area contributed by atoms with Gasteiger partial charge in [0.1, 0.15) is 5.82 Å². The Hall–Kier alpha value is -2.18. The Morgan fingerprint density at radius 2 is 1.82 bits per heavy atom. The molecular weight excluding hydrogens is 375 g/mol. The van der Waals surface area contributed by atoms with Gasteiger partial charge in [-0.15, -0.1) is 11.8 Å². The topological polar surface area (TPSA) is 49.4 Å².